The van der Waals surface area contributed by atoms with Crippen molar-refractivity contribution >= 4 is 35.0 Å². The molecule has 0 atom stereocenters. The second-order valence-corrected chi connectivity index (χ2v) is 14.8. The molecule has 10 heteroatoms. The van der Waals surface area contributed by atoms with E-state index in [1.165, 1.54) is 31.5 Å². The summed E-state index contributed by atoms with van der Waals surface area (Å²) in [5.74, 6) is 2.10. The first-order valence-electron chi connectivity index (χ1n) is 18.6. The third kappa shape index (κ3) is 6.52. The highest BCUT2D eigenvalue weighted by molar-refractivity contribution is 6.54. The predicted octanol–water partition coefficient (Wildman–Crippen LogP) is 8.90. The van der Waals surface area contributed by atoms with E-state index in [0.717, 1.165) is 62.9 Å². The lowest BCUT2D eigenvalue weighted by Crippen LogP contribution is -2.50. The number of unbranched alkanes of at least 4 members (excludes halogenated alkanes) is 1. The summed E-state index contributed by atoms with van der Waals surface area (Å²) in [6.07, 6.45) is 24.1. The van der Waals surface area contributed by atoms with Crippen molar-refractivity contribution in [3.05, 3.63) is 98.7 Å². The van der Waals surface area contributed by atoms with Gasteiger partial charge in [-0.3, -0.25) is 13.9 Å². The summed E-state index contributed by atoms with van der Waals surface area (Å²) in [6, 6.07) is 12.1. The molecule has 3 aromatic rings. The van der Waals surface area contributed by atoms with Gasteiger partial charge >= 0.3 is 12.8 Å². The Labute approximate surface area is 298 Å². The zero-order valence-corrected chi connectivity index (χ0v) is 29.6. The molecule has 0 amide bonds. The van der Waals surface area contributed by atoms with E-state index in [2.05, 4.69) is 54.7 Å². The summed E-state index contributed by atoms with van der Waals surface area (Å²) in [7, 11) is -4.81. The van der Waals surface area contributed by atoms with Crippen molar-refractivity contribution in [3.8, 4) is 18.2 Å². The molecule has 2 fully saturated rings. The number of hydrogen-bond acceptors (Lipinski definition) is 4. The van der Waals surface area contributed by atoms with Gasteiger partial charge in [0, 0.05) is 42.6 Å². The van der Waals surface area contributed by atoms with Crippen molar-refractivity contribution in [2.75, 3.05) is 6.54 Å². The average molecular weight is 694 g/mol. The number of rotatable bonds is 8. The van der Waals surface area contributed by atoms with Gasteiger partial charge in [0.25, 0.3) is 5.56 Å². The van der Waals surface area contributed by atoms with Crippen LogP contribution in [0.3, 0.4) is 0 Å². The van der Waals surface area contributed by atoms with Gasteiger partial charge in [-0.25, -0.2) is 4.79 Å². The minimum absolute atomic E-state index is 0.111. The summed E-state index contributed by atoms with van der Waals surface area (Å²) < 4.78 is 45.5. The molecule has 4 aliphatic rings. The predicted molar refractivity (Wildman–Crippen MR) is 200 cm³/mol. The van der Waals surface area contributed by atoms with Gasteiger partial charge in [0.05, 0.1) is 11.2 Å². The molecule has 0 N–H and O–H groups in total. The Morgan fingerprint density at radius 1 is 0.922 bits per heavy atom. The van der Waals surface area contributed by atoms with E-state index in [1.54, 1.807) is 12.2 Å². The van der Waals surface area contributed by atoms with Gasteiger partial charge < -0.3 is 17.9 Å². The number of aromatic nitrogens is 2. The molecule has 0 spiro atoms. The molecule has 2 aromatic carbocycles. The van der Waals surface area contributed by atoms with E-state index in [1.807, 2.05) is 18.2 Å². The molecule has 2 saturated carbocycles. The number of nitrogens with zero attached hydrogens (tertiary/aromatic N) is 3. The highest BCUT2D eigenvalue weighted by Gasteiger charge is 2.46. The number of halogens is 2. The molecule has 7 rings (SSSR count). The number of hydrogen-bond donors (Lipinski definition) is 0. The van der Waals surface area contributed by atoms with Crippen molar-refractivity contribution in [2.24, 2.45) is 0 Å². The minimum Gasteiger partial charge on any atom is -0.627 e. The van der Waals surface area contributed by atoms with Crippen molar-refractivity contribution < 1.29 is 22.5 Å². The van der Waals surface area contributed by atoms with Gasteiger partial charge in [-0.05, 0) is 62.4 Å². The standard InChI is InChI=1S/C41H46BF2N3O4/c1-4-5-17-28-45-33-27-26-29-18-15-16-23-32(29)37(33)41(2,3)35(45)25-14-8-13-24-34-36-38(48)46(30-19-9-6-10-20-30)40(49)47(31-21-11-7-12-22-31)39(36)51-42(43,44)50-34/h1,8,13-16,18,23-27,30-31H,5-7,9-12,17,19-22,28H2,2-3H3. The van der Waals surface area contributed by atoms with Gasteiger partial charge in [0.15, 0.2) is 11.6 Å². The van der Waals surface area contributed by atoms with Crippen LogP contribution in [0.2, 0.25) is 0 Å². The smallest absolute Gasteiger partial charge is 0.627 e. The maximum Gasteiger partial charge on any atom is 0.726 e. The van der Waals surface area contributed by atoms with Crippen LogP contribution in [-0.2, 0) is 10.1 Å². The third-order valence-electron chi connectivity index (χ3n) is 11.1. The second kappa shape index (κ2) is 14.2. The van der Waals surface area contributed by atoms with Crippen LogP contribution in [0.5, 0.6) is 5.88 Å². The van der Waals surface area contributed by atoms with E-state index in [9.17, 15) is 9.59 Å². The van der Waals surface area contributed by atoms with Crippen molar-refractivity contribution in [1.82, 2.24) is 9.13 Å². The van der Waals surface area contributed by atoms with Crippen LogP contribution in [0.4, 0.5) is 14.3 Å². The number of allylic oxidation sites excluding steroid dienone is 5. The zero-order valence-electron chi connectivity index (χ0n) is 29.6. The molecule has 2 aliphatic heterocycles. The molecule has 0 unspecified atom stereocenters. The molecule has 3 heterocycles. The van der Waals surface area contributed by atoms with Gasteiger partial charge in [-0.1, -0.05) is 81.0 Å². The van der Waals surface area contributed by atoms with Gasteiger partial charge in [-0.2, -0.15) is 4.58 Å². The normalized spacial score (nSPS) is 21.2. The van der Waals surface area contributed by atoms with Crippen LogP contribution in [0.15, 0.2) is 76.4 Å². The Morgan fingerprint density at radius 3 is 2.31 bits per heavy atom. The summed E-state index contributed by atoms with van der Waals surface area (Å²) in [5.41, 5.74) is 1.87. The fourth-order valence-electron chi connectivity index (χ4n) is 8.72. The Morgan fingerprint density at radius 2 is 1.61 bits per heavy atom. The maximum absolute atomic E-state index is 15.2. The molecular weight excluding hydrogens is 647 g/mol. The number of benzene rings is 2. The summed E-state index contributed by atoms with van der Waals surface area (Å²) in [5, 5.41) is 2.38. The Kier molecular flexibility index (Phi) is 9.67. The first kappa shape index (κ1) is 34.8. The molecule has 0 bridgehead atoms. The number of fused-ring (bicyclic) bond motifs is 4. The van der Waals surface area contributed by atoms with Gasteiger partial charge in [0.1, 0.15) is 12.1 Å². The van der Waals surface area contributed by atoms with Gasteiger partial charge in [-0.15, -0.1) is 12.3 Å². The zero-order chi connectivity index (χ0) is 35.8. The molecule has 0 saturated heterocycles. The first-order valence-corrected chi connectivity index (χ1v) is 18.6. The molecule has 7 nitrogen and oxygen atoms in total. The minimum atomic E-state index is -4.81. The van der Waals surface area contributed by atoms with E-state index in [0.29, 0.717) is 32.1 Å². The lowest BCUT2D eigenvalue weighted by molar-refractivity contribution is -0.438. The van der Waals surface area contributed by atoms with E-state index in [-0.39, 0.29) is 34.7 Å². The highest BCUT2D eigenvalue weighted by atomic mass is 19.3. The fourth-order valence-corrected chi connectivity index (χ4v) is 8.72. The Hall–Kier alpha value is -4.65. The first-order chi connectivity index (χ1) is 24.6. The van der Waals surface area contributed by atoms with Crippen LogP contribution in [0.25, 0.3) is 16.5 Å². The largest absolute Gasteiger partial charge is 0.726 e. The Balaban J connectivity index is 1.28. The van der Waals surface area contributed by atoms with Crippen molar-refractivity contribution in [1.29, 1.82) is 0 Å². The molecule has 1 aromatic heterocycles. The Bertz CT molecular complexity index is 2120. The lowest BCUT2D eigenvalue weighted by atomic mass is 9.79. The number of terminal acetylenes is 1. The van der Waals surface area contributed by atoms with Crippen LogP contribution >= 0.6 is 0 Å². The van der Waals surface area contributed by atoms with E-state index < -0.39 is 18.4 Å². The van der Waals surface area contributed by atoms with E-state index >= 15 is 8.63 Å². The maximum atomic E-state index is 15.2. The molecule has 0 radical (unpaired) electrons. The molecule has 2 aliphatic carbocycles. The van der Waals surface area contributed by atoms with Crippen LogP contribution in [0.1, 0.15) is 114 Å². The highest BCUT2D eigenvalue weighted by Crippen LogP contribution is 2.44. The topological polar surface area (TPSA) is 65.5 Å². The van der Waals surface area contributed by atoms with E-state index in [4.69, 9.17) is 15.7 Å². The van der Waals surface area contributed by atoms with Crippen LogP contribution in [0, 0.1) is 12.3 Å². The van der Waals surface area contributed by atoms with Crippen molar-refractivity contribution in [2.45, 2.75) is 108 Å². The summed E-state index contributed by atoms with van der Waals surface area (Å²) >= 11 is 0. The SMILES string of the molecule is C#CCCC[N+]1=C(/C=C/C=C/C=C2\O[B-](F)(F)Oc3c2c(=O)n(C2CCCCC2)c(=O)n3C2CCCCC2)C(C)(C)c2c1ccc1ccccc21. The van der Waals surface area contributed by atoms with Crippen LogP contribution in [-0.4, -0.2) is 33.1 Å². The van der Waals surface area contributed by atoms with Crippen molar-refractivity contribution in [3.63, 3.8) is 0 Å². The van der Waals surface area contributed by atoms with Crippen LogP contribution < -0.4 is 15.9 Å². The fraction of sp³-hybridized carbons (Fsp3) is 0.439. The molecule has 266 valence electrons. The van der Waals surface area contributed by atoms with Gasteiger partial charge in [0.2, 0.25) is 5.69 Å². The molecule has 51 heavy (non-hydrogen) atoms. The monoisotopic (exact) mass is 693 g/mol. The quantitative estimate of drug-likeness (QED) is 0.0778. The third-order valence-corrected chi connectivity index (χ3v) is 11.1. The lowest BCUT2D eigenvalue weighted by Gasteiger charge is -2.39. The summed E-state index contributed by atoms with van der Waals surface area (Å²) in [4.78, 5) is 28.1. The average Bonchev–Trinajstić information content (AvgIpc) is 3.33. The summed E-state index contributed by atoms with van der Waals surface area (Å²) in [6.45, 7) is 5.18. The molecular formula is C41H46BF2N3O4. The second-order valence-electron chi connectivity index (χ2n) is 14.8.